The average molecular weight is 412 g/mol. The molecule has 1 saturated heterocycles. The number of alkyl halides is 1. The zero-order chi connectivity index (χ0) is 19.6. The molecular formula is C17H30FNO5S2. The highest BCUT2D eigenvalue weighted by molar-refractivity contribution is 8.00. The molecule has 9 heteroatoms. The fourth-order valence-corrected chi connectivity index (χ4v) is 5.10. The number of allylic oxidation sites excluding steroid dienone is 1. The van der Waals surface area contributed by atoms with Crippen LogP contribution in [0, 0.1) is 5.92 Å². The molecule has 152 valence electrons. The summed E-state index contributed by atoms with van der Waals surface area (Å²) >= 11 is -0.306. The van der Waals surface area contributed by atoms with E-state index in [0.29, 0.717) is 6.42 Å². The van der Waals surface area contributed by atoms with E-state index < -0.39 is 63.9 Å². The number of rotatable bonds is 3. The van der Waals surface area contributed by atoms with E-state index in [4.69, 9.17) is 4.74 Å². The number of aliphatic hydroxyl groups is 3. The number of nitrogens with one attached hydrogen (secondary N) is 1. The molecule has 2 heterocycles. The molecule has 0 aromatic rings. The third kappa shape index (κ3) is 5.14. The fraction of sp³-hybridized carbons (Fsp3) is 0.882. The number of thioether (sulfide) groups is 1. The normalized spacial score (nSPS) is 44.3. The summed E-state index contributed by atoms with van der Waals surface area (Å²) in [5, 5.41) is 30.6. The third-order valence-electron chi connectivity index (χ3n) is 4.66. The summed E-state index contributed by atoms with van der Waals surface area (Å²) in [6.07, 6.45) is -0.786. The lowest BCUT2D eigenvalue weighted by molar-refractivity contribution is -0.206. The van der Waals surface area contributed by atoms with Gasteiger partial charge >= 0.3 is 0 Å². The Labute approximate surface area is 161 Å². The first-order chi connectivity index (χ1) is 12.1. The Balaban J connectivity index is 2.34. The molecule has 26 heavy (non-hydrogen) atoms. The van der Waals surface area contributed by atoms with Crippen LogP contribution in [0.3, 0.4) is 0 Å². The van der Waals surface area contributed by atoms with Crippen LogP contribution in [0.25, 0.3) is 0 Å². The highest BCUT2D eigenvalue weighted by Gasteiger charge is 2.50. The van der Waals surface area contributed by atoms with Crippen molar-refractivity contribution < 1.29 is 29.0 Å². The van der Waals surface area contributed by atoms with Crippen molar-refractivity contribution in [3.63, 3.8) is 0 Å². The summed E-state index contributed by atoms with van der Waals surface area (Å²) in [4.78, 5) is 0. The van der Waals surface area contributed by atoms with Gasteiger partial charge in [0.2, 0.25) is 0 Å². The lowest BCUT2D eigenvalue weighted by atomic mass is 9.88. The lowest BCUT2D eigenvalue weighted by Crippen LogP contribution is -2.64. The molecule has 9 atom stereocenters. The summed E-state index contributed by atoms with van der Waals surface area (Å²) in [5.41, 5.74) is -0.870. The SMILES string of the molecule is C[C@@H]1/C=C\C[C@@H](CF)SC2O[C@@H](C(O)C(O)[C@H]2O)[C@@H]1N[S+]([O-])C(C)(C)C. The summed E-state index contributed by atoms with van der Waals surface area (Å²) in [7, 11) is 0. The fourth-order valence-electron chi connectivity index (χ4n) is 2.97. The van der Waals surface area contributed by atoms with Gasteiger partial charge in [-0.3, -0.25) is 0 Å². The van der Waals surface area contributed by atoms with Crippen molar-refractivity contribution in [1.29, 1.82) is 0 Å². The summed E-state index contributed by atoms with van der Waals surface area (Å²) in [5.74, 6) is -0.188. The van der Waals surface area contributed by atoms with E-state index in [0.717, 1.165) is 11.8 Å². The second-order valence-electron chi connectivity index (χ2n) is 7.90. The number of hydrogen-bond acceptors (Lipinski definition) is 7. The van der Waals surface area contributed by atoms with E-state index in [2.05, 4.69) is 4.72 Å². The lowest BCUT2D eigenvalue weighted by Gasteiger charge is -2.45. The Morgan fingerprint density at radius 3 is 2.50 bits per heavy atom. The molecule has 1 fully saturated rings. The van der Waals surface area contributed by atoms with Gasteiger partial charge in [-0.05, 0) is 33.1 Å². The highest BCUT2D eigenvalue weighted by Crippen LogP contribution is 2.36. The van der Waals surface area contributed by atoms with Crippen LogP contribution in [0.5, 0.6) is 0 Å². The molecule has 2 aliphatic rings. The van der Waals surface area contributed by atoms with Gasteiger partial charge in [-0.25, -0.2) is 4.39 Å². The average Bonchev–Trinajstić information content (AvgIpc) is 2.57. The largest absolute Gasteiger partial charge is 0.598 e. The van der Waals surface area contributed by atoms with Crippen LogP contribution in [-0.2, 0) is 16.1 Å². The zero-order valence-electron chi connectivity index (χ0n) is 15.5. The van der Waals surface area contributed by atoms with Crippen LogP contribution < -0.4 is 4.72 Å². The minimum absolute atomic E-state index is 0.188. The van der Waals surface area contributed by atoms with Crippen molar-refractivity contribution in [2.45, 2.75) is 80.0 Å². The Hall–Kier alpha value is 0.130. The van der Waals surface area contributed by atoms with Gasteiger partial charge < -0.3 is 24.6 Å². The maximum absolute atomic E-state index is 13.3. The van der Waals surface area contributed by atoms with Crippen molar-refractivity contribution in [3.8, 4) is 0 Å². The highest BCUT2D eigenvalue weighted by atomic mass is 32.2. The first-order valence-corrected chi connectivity index (χ1v) is 10.9. The molecule has 4 N–H and O–H groups in total. The van der Waals surface area contributed by atoms with Crippen LogP contribution in [0.2, 0.25) is 0 Å². The van der Waals surface area contributed by atoms with E-state index in [-0.39, 0.29) is 5.92 Å². The van der Waals surface area contributed by atoms with Gasteiger partial charge in [0.1, 0.15) is 41.3 Å². The number of hydrogen-bond donors (Lipinski definition) is 4. The van der Waals surface area contributed by atoms with E-state index in [1.165, 1.54) is 0 Å². The molecule has 4 unspecified atom stereocenters. The molecule has 0 saturated carbocycles. The van der Waals surface area contributed by atoms with Gasteiger partial charge in [0, 0.05) is 16.6 Å². The van der Waals surface area contributed by atoms with E-state index in [1.54, 1.807) is 0 Å². The van der Waals surface area contributed by atoms with Crippen LogP contribution in [-0.4, -0.2) is 72.4 Å². The van der Waals surface area contributed by atoms with Crippen molar-refractivity contribution in [2.75, 3.05) is 6.67 Å². The number of ether oxygens (including phenoxy) is 1. The van der Waals surface area contributed by atoms with Crippen LogP contribution >= 0.6 is 11.8 Å². The predicted octanol–water partition coefficient (Wildman–Crippen LogP) is 0.882. The summed E-state index contributed by atoms with van der Waals surface area (Å²) < 4.78 is 34.3. The second kappa shape index (κ2) is 9.09. The smallest absolute Gasteiger partial charge is 0.136 e. The number of halogens is 1. The maximum Gasteiger partial charge on any atom is 0.136 e. The monoisotopic (exact) mass is 411 g/mol. The van der Waals surface area contributed by atoms with Gasteiger partial charge in [-0.1, -0.05) is 19.1 Å². The van der Waals surface area contributed by atoms with Crippen LogP contribution in [0.15, 0.2) is 12.2 Å². The first-order valence-electron chi connectivity index (χ1n) is 8.82. The Bertz CT molecular complexity index is 492. The predicted molar refractivity (Wildman–Crippen MR) is 102 cm³/mol. The molecule has 0 radical (unpaired) electrons. The van der Waals surface area contributed by atoms with Gasteiger partial charge in [0.15, 0.2) is 0 Å². The number of fused-ring (bicyclic) bond motifs is 2. The van der Waals surface area contributed by atoms with Crippen molar-refractivity contribution in [2.24, 2.45) is 5.92 Å². The maximum atomic E-state index is 13.3. The van der Waals surface area contributed by atoms with Crippen molar-refractivity contribution in [3.05, 3.63) is 12.2 Å². The Morgan fingerprint density at radius 1 is 1.27 bits per heavy atom. The molecular weight excluding hydrogens is 381 g/mol. The van der Waals surface area contributed by atoms with Crippen molar-refractivity contribution >= 4 is 23.1 Å². The van der Waals surface area contributed by atoms with Gasteiger partial charge in [0.05, 0.1) is 6.04 Å². The summed E-state index contributed by atoms with van der Waals surface area (Å²) in [6, 6.07) is -0.548. The minimum atomic E-state index is -1.42. The van der Waals surface area contributed by atoms with Crippen LogP contribution in [0.4, 0.5) is 4.39 Å². The summed E-state index contributed by atoms with van der Waals surface area (Å²) in [6.45, 7) is 6.79. The van der Waals surface area contributed by atoms with Gasteiger partial charge in [-0.15, -0.1) is 16.5 Å². The van der Waals surface area contributed by atoms with E-state index in [1.807, 2.05) is 39.8 Å². The Kier molecular flexibility index (Phi) is 7.83. The minimum Gasteiger partial charge on any atom is -0.598 e. The third-order valence-corrected chi connectivity index (χ3v) is 7.62. The second-order valence-corrected chi connectivity index (χ2v) is 11.3. The van der Waals surface area contributed by atoms with E-state index >= 15 is 0 Å². The molecule has 0 spiro atoms. The van der Waals surface area contributed by atoms with Crippen molar-refractivity contribution in [1.82, 2.24) is 4.72 Å². The van der Waals surface area contributed by atoms with Gasteiger partial charge in [0.25, 0.3) is 0 Å². The van der Waals surface area contributed by atoms with E-state index in [9.17, 15) is 24.3 Å². The Morgan fingerprint density at radius 2 is 1.92 bits per heavy atom. The standard InChI is InChI=1S/C17H30FNO5S2/c1-9-6-5-7-10(8-18)25-16-14(22)12(20)13(21)15(24-16)11(9)19-26(23)17(2,3)4/h5-6,9-16,19-22H,7-8H2,1-4H3/b6-5-/t9-,10+,11-,12?,13?,14-,15-,16?,26?/m1/s1. The molecule has 2 aliphatic heterocycles. The molecule has 2 bridgehead atoms. The van der Waals surface area contributed by atoms with Crippen LogP contribution in [0.1, 0.15) is 34.1 Å². The molecule has 0 aliphatic carbocycles. The quantitative estimate of drug-likeness (QED) is 0.404. The number of aliphatic hydroxyl groups excluding tert-OH is 3. The molecule has 0 aromatic carbocycles. The molecule has 2 rings (SSSR count). The topological polar surface area (TPSA) is 105 Å². The molecule has 0 aromatic heterocycles. The zero-order valence-corrected chi connectivity index (χ0v) is 17.2. The first kappa shape index (κ1) is 22.4. The molecule has 0 amide bonds. The van der Waals surface area contributed by atoms with Gasteiger partial charge in [-0.2, -0.15) is 0 Å². The molecule has 6 nitrogen and oxygen atoms in total.